The lowest BCUT2D eigenvalue weighted by Crippen LogP contribution is -2.01. The molecule has 0 saturated heterocycles. The SMILES string of the molecule is Fc1cccc(CNc2ccc(I)cc2Cl)c1Cl. The average Bonchev–Trinajstić information content (AvgIpc) is 2.33. The molecule has 0 amide bonds. The van der Waals surface area contributed by atoms with Gasteiger partial charge in [-0.1, -0.05) is 35.3 Å². The maximum absolute atomic E-state index is 13.3. The van der Waals surface area contributed by atoms with Crippen LogP contribution in [0.3, 0.4) is 0 Å². The summed E-state index contributed by atoms with van der Waals surface area (Å²) in [6.07, 6.45) is 0. The van der Waals surface area contributed by atoms with Gasteiger partial charge in [-0.05, 0) is 52.4 Å². The summed E-state index contributed by atoms with van der Waals surface area (Å²) in [4.78, 5) is 0. The highest BCUT2D eigenvalue weighted by atomic mass is 127. The minimum absolute atomic E-state index is 0.145. The van der Waals surface area contributed by atoms with E-state index in [4.69, 9.17) is 23.2 Å². The van der Waals surface area contributed by atoms with Crippen LogP contribution in [-0.2, 0) is 6.54 Å². The molecular formula is C13H9Cl2FIN. The van der Waals surface area contributed by atoms with Gasteiger partial charge in [0.2, 0.25) is 0 Å². The van der Waals surface area contributed by atoms with Crippen LogP contribution in [0.1, 0.15) is 5.56 Å². The average molecular weight is 396 g/mol. The van der Waals surface area contributed by atoms with E-state index in [-0.39, 0.29) is 5.02 Å². The highest BCUT2D eigenvalue weighted by Gasteiger charge is 2.06. The largest absolute Gasteiger partial charge is 0.380 e. The van der Waals surface area contributed by atoms with Crippen LogP contribution >= 0.6 is 45.8 Å². The molecule has 0 fully saturated rings. The van der Waals surface area contributed by atoms with Crippen LogP contribution in [0.2, 0.25) is 10.0 Å². The second-order valence-corrected chi connectivity index (χ2v) is 5.72. The van der Waals surface area contributed by atoms with Crippen molar-refractivity contribution in [3.05, 3.63) is 61.4 Å². The molecule has 0 saturated carbocycles. The number of hydrogen-bond acceptors (Lipinski definition) is 1. The zero-order chi connectivity index (χ0) is 13.1. The Morgan fingerprint density at radius 1 is 1.17 bits per heavy atom. The number of rotatable bonds is 3. The van der Waals surface area contributed by atoms with Crippen molar-refractivity contribution in [1.29, 1.82) is 0 Å². The summed E-state index contributed by atoms with van der Waals surface area (Å²) in [5.74, 6) is -0.412. The predicted octanol–water partition coefficient (Wildman–Crippen LogP) is 5.35. The topological polar surface area (TPSA) is 12.0 Å². The van der Waals surface area contributed by atoms with Crippen molar-refractivity contribution < 1.29 is 4.39 Å². The molecule has 2 rings (SSSR count). The van der Waals surface area contributed by atoms with Crippen LogP contribution in [0.5, 0.6) is 0 Å². The van der Waals surface area contributed by atoms with Crippen molar-refractivity contribution in [3.63, 3.8) is 0 Å². The molecule has 0 aliphatic carbocycles. The van der Waals surface area contributed by atoms with E-state index in [9.17, 15) is 4.39 Å². The summed E-state index contributed by atoms with van der Waals surface area (Å²) in [5.41, 5.74) is 1.50. The van der Waals surface area contributed by atoms with Gasteiger partial charge in [-0.3, -0.25) is 0 Å². The zero-order valence-corrected chi connectivity index (χ0v) is 12.9. The fraction of sp³-hybridized carbons (Fsp3) is 0.0769. The van der Waals surface area contributed by atoms with Crippen molar-refractivity contribution in [1.82, 2.24) is 0 Å². The van der Waals surface area contributed by atoms with Gasteiger partial charge in [0.25, 0.3) is 0 Å². The van der Waals surface area contributed by atoms with Crippen LogP contribution in [-0.4, -0.2) is 0 Å². The summed E-state index contributed by atoms with van der Waals surface area (Å²) in [6.45, 7) is 0.427. The first kappa shape index (κ1) is 13.9. The second kappa shape index (κ2) is 6.08. The molecule has 0 unspecified atom stereocenters. The Morgan fingerprint density at radius 2 is 1.94 bits per heavy atom. The number of halogens is 4. The van der Waals surface area contributed by atoms with E-state index >= 15 is 0 Å². The molecule has 0 heterocycles. The summed E-state index contributed by atoms with van der Waals surface area (Å²) in [7, 11) is 0. The van der Waals surface area contributed by atoms with E-state index in [1.165, 1.54) is 6.07 Å². The molecule has 2 aromatic carbocycles. The fourth-order valence-corrected chi connectivity index (χ4v) is 2.62. The quantitative estimate of drug-likeness (QED) is 0.690. The van der Waals surface area contributed by atoms with E-state index in [2.05, 4.69) is 27.9 Å². The first-order valence-corrected chi connectivity index (χ1v) is 7.03. The Morgan fingerprint density at radius 3 is 2.67 bits per heavy atom. The highest BCUT2D eigenvalue weighted by molar-refractivity contribution is 14.1. The fourth-order valence-electron chi connectivity index (χ4n) is 1.51. The van der Waals surface area contributed by atoms with Gasteiger partial charge in [0.15, 0.2) is 0 Å². The molecule has 0 bridgehead atoms. The number of hydrogen-bond donors (Lipinski definition) is 1. The molecule has 5 heteroatoms. The molecule has 0 atom stereocenters. The van der Waals surface area contributed by atoms with Crippen molar-refractivity contribution in [2.45, 2.75) is 6.54 Å². The minimum Gasteiger partial charge on any atom is -0.380 e. The lowest BCUT2D eigenvalue weighted by Gasteiger charge is -2.10. The van der Waals surface area contributed by atoms with Crippen LogP contribution < -0.4 is 5.32 Å². The van der Waals surface area contributed by atoms with Gasteiger partial charge in [0.05, 0.1) is 15.7 Å². The molecule has 0 radical (unpaired) electrons. The molecule has 0 aliphatic rings. The Labute approximate surface area is 128 Å². The van der Waals surface area contributed by atoms with Crippen molar-refractivity contribution in [2.24, 2.45) is 0 Å². The van der Waals surface area contributed by atoms with Gasteiger partial charge in [0.1, 0.15) is 5.82 Å². The highest BCUT2D eigenvalue weighted by Crippen LogP contribution is 2.26. The molecule has 18 heavy (non-hydrogen) atoms. The van der Waals surface area contributed by atoms with Crippen LogP contribution in [0, 0.1) is 9.39 Å². The molecule has 0 aliphatic heterocycles. The smallest absolute Gasteiger partial charge is 0.142 e. The molecule has 1 N–H and O–H groups in total. The third-order valence-electron chi connectivity index (χ3n) is 2.43. The molecule has 1 nitrogen and oxygen atoms in total. The first-order valence-electron chi connectivity index (χ1n) is 5.20. The van der Waals surface area contributed by atoms with Crippen LogP contribution in [0.4, 0.5) is 10.1 Å². The van der Waals surface area contributed by atoms with Gasteiger partial charge in [-0.25, -0.2) is 4.39 Å². The monoisotopic (exact) mass is 395 g/mol. The Balaban J connectivity index is 2.14. The molecular weight excluding hydrogens is 387 g/mol. The van der Waals surface area contributed by atoms with Gasteiger partial charge in [0, 0.05) is 10.1 Å². The number of anilines is 1. The summed E-state index contributed by atoms with van der Waals surface area (Å²) >= 11 is 14.2. The molecule has 0 aromatic heterocycles. The Kier molecular flexibility index (Phi) is 4.70. The Hall–Kier alpha value is -0.520. The van der Waals surface area contributed by atoms with Gasteiger partial charge < -0.3 is 5.32 Å². The Bertz CT molecular complexity index is 575. The van der Waals surface area contributed by atoms with E-state index < -0.39 is 5.82 Å². The number of nitrogens with one attached hydrogen (secondary N) is 1. The molecule has 0 spiro atoms. The van der Waals surface area contributed by atoms with Crippen LogP contribution in [0.15, 0.2) is 36.4 Å². The lowest BCUT2D eigenvalue weighted by molar-refractivity contribution is 0.626. The van der Waals surface area contributed by atoms with E-state index in [1.807, 2.05) is 18.2 Å². The van der Waals surface area contributed by atoms with Crippen molar-refractivity contribution in [3.8, 4) is 0 Å². The maximum Gasteiger partial charge on any atom is 0.142 e. The summed E-state index contributed by atoms with van der Waals surface area (Å²) in [6, 6.07) is 10.4. The third-order valence-corrected chi connectivity index (χ3v) is 3.84. The van der Waals surface area contributed by atoms with Gasteiger partial charge >= 0.3 is 0 Å². The lowest BCUT2D eigenvalue weighted by atomic mass is 10.2. The van der Waals surface area contributed by atoms with Crippen molar-refractivity contribution in [2.75, 3.05) is 5.32 Å². The van der Waals surface area contributed by atoms with E-state index in [0.717, 1.165) is 9.26 Å². The van der Waals surface area contributed by atoms with E-state index in [0.29, 0.717) is 17.1 Å². The minimum atomic E-state index is -0.412. The number of benzene rings is 2. The third kappa shape index (κ3) is 3.28. The predicted molar refractivity (Wildman–Crippen MR) is 82.9 cm³/mol. The van der Waals surface area contributed by atoms with Gasteiger partial charge in [-0.2, -0.15) is 0 Å². The van der Waals surface area contributed by atoms with Gasteiger partial charge in [-0.15, -0.1) is 0 Å². The summed E-state index contributed by atoms with van der Waals surface area (Å²) in [5, 5.41) is 3.92. The maximum atomic E-state index is 13.3. The first-order chi connectivity index (χ1) is 8.58. The molecule has 2 aromatic rings. The van der Waals surface area contributed by atoms with Crippen LogP contribution in [0.25, 0.3) is 0 Å². The molecule has 94 valence electrons. The van der Waals surface area contributed by atoms with Crippen molar-refractivity contribution >= 4 is 51.5 Å². The zero-order valence-electron chi connectivity index (χ0n) is 9.18. The standard InChI is InChI=1S/C13H9Cl2FIN/c14-10-6-9(17)4-5-12(10)18-7-8-2-1-3-11(16)13(8)15/h1-6,18H,7H2. The van der Waals surface area contributed by atoms with E-state index in [1.54, 1.807) is 12.1 Å². The normalized spacial score (nSPS) is 10.4. The second-order valence-electron chi connectivity index (χ2n) is 3.69. The summed E-state index contributed by atoms with van der Waals surface area (Å²) < 4.78 is 14.3.